The zero-order valence-electron chi connectivity index (χ0n) is 11.7. The molecule has 1 fully saturated rings. The molecule has 1 aliphatic heterocycles. The molecule has 6 heteroatoms. The Kier molecular flexibility index (Phi) is 6.11. The first-order valence-electron chi connectivity index (χ1n) is 7.01. The summed E-state index contributed by atoms with van der Waals surface area (Å²) in [5.74, 6) is -0.582. The summed E-state index contributed by atoms with van der Waals surface area (Å²) < 4.78 is 0.817. The van der Waals surface area contributed by atoms with Gasteiger partial charge in [0.05, 0.1) is 11.3 Å². The number of carbonyl (C=O) groups is 2. The van der Waals surface area contributed by atoms with E-state index in [9.17, 15) is 14.7 Å². The van der Waals surface area contributed by atoms with Gasteiger partial charge in [0, 0.05) is 22.5 Å². The summed E-state index contributed by atoms with van der Waals surface area (Å²) in [6.07, 6.45) is 4.50. The van der Waals surface area contributed by atoms with Crippen molar-refractivity contribution in [2.45, 2.75) is 30.6 Å². The molecule has 0 bridgehead atoms. The van der Waals surface area contributed by atoms with Gasteiger partial charge in [-0.25, -0.2) is 4.79 Å². The largest absolute Gasteiger partial charge is 0.478 e. The fourth-order valence-electron chi connectivity index (χ4n) is 2.34. The van der Waals surface area contributed by atoms with Crippen LogP contribution in [0.5, 0.6) is 0 Å². The van der Waals surface area contributed by atoms with Crippen molar-refractivity contribution in [3.63, 3.8) is 0 Å². The normalized spacial score (nSPS) is 15.6. The number of halogens is 1. The number of nitrogens with zero attached hydrogens (tertiary/aromatic N) is 1. The second kappa shape index (κ2) is 7.84. The number of amides is 1. The van der Waals surface area contributed by atoms with E-state index in [1.807, 2.05) is 4.90 Å². The number of aromatic carboxylic acids is 1. The van der Waals surface area contributed by atoms with E-state index in [1.165, 1.54) is 24.6 Å². The van der Waals surface area contributed by atoms with E-state index >= 15 is 0 Å². The number of thioether (sulfide) groups is 1. The predicted octanol–water partition coefficient (Wildman–Crippen LogP) is 3.64. The molecule has 21 heavy (non-hydrogen) atoms. The Morgan fingerprint density at radius 1 is 1.19 bits per heavy atom. The van der Waals surface area contributed by atoms with Crippen molar-refractivity contribution in [2.24, 2.45) is 0 Å². The first-order chi connectivity index (χ1) is 10.1. The number of benzene rings is 1. The van der Waals surface area contributed by atoms with Gasteiger partial charge >= 0.3 is 5.97 Å². The van der Waals surface area contributed by atoms with Gasteiger partial charge in [-0.2, -0.15) is 0 Å². The highest BCUT2D eigenvalue weighted by Crippen LogP contribution is 2.27. The minimum absolute atomic E-state index is 0.0956. The average molecular weight is 372 g/mol. The van der Waals surface area contributed by atoms with Crippen LogP contribution in [0.1, 0.15) is 36.0 Å². The Morgan fingerprint density at radius 3 is 2.48 bits per heavy atom. The molecule has 1 N–H and O–H groups in total. The van der Waals surface area contributed by atoms with Gasteiger partial charge in [0.25, 0.3) is 0 Å². The molecule has 114 valence electrons. The fourth-order valence-corrected chi connectivity index (χ4v) is 3.84. The summed E-state index contributed by atoms with van der Waals surface area (Å²) in [5, 5.41) is 9.18. The molecule has 1 heterocycles. The molecule has 1 aromatic carbocycles. The van der Waals surface area contributed by atoms with Gasteiger partial charge in [0.15, 0.2) is 0 Å². The van der Waals surface area contributed by atoms with Crippen LogP contribution >= 0.6 is 27.7 Å². The Balaban J connectivity index is 2.00. The van der Waals surface area contributed by atoms with Gasteiger partial charge in [-0.1, -0.05) is 28.8 Å². The van der Waals surface area contributed by atoms with Crippen molar-refractivity contribution in [2.75, 3.05) is 18.8 Å². The maximum atomic E-state index is 12.2. The van der Waals surface area contributed by atoms with E-state index in [4.69, 9.17) is 0 Å². The lowest BCUT2D eigenvalue weighted by Gasteiger charge is -2.20. The minimum atomic E-state index is -0.966. The van der Waals surface area contributed by atoms with Crippen molar-refractivity contribution in [3.05, 3.63) is 28.2 Å². The monoisotopic (exact) mass is 371 g/mol. The van der Waals surface area contributed by atoms with Gasteiger partial charge < -0.3 is 10.0 Å². The van der Waals surface area contributed by atoms with Crippen molar-refractivity contribution in [3.8, 4) is 0 Å². The van der Waals surface area contributed by atoms with Gasteiger partial charge in [-0.3, -0.25) is 4.79 Å². The molecule has 0 unspecified atom stereocenters. The van der Waals surface area contributed by atoms with Gasteiger partial charge in [0.1, 0.15) is 0 Å². The zero-order chi connectivity index (χ0) is 15.2. The molecule has 4 nitrogen and oxygen atoms in total. The third kappa shape index (κ3) is 4.74. The Hall–Kier alpha value is -1.01. The molecule has 0 spiro atoms. The van der Waals surface area contributed by atoms with Crippen molar-refractivity contribution < 1.29 is 14.7 Å². The zero-order valence-corrected chi connectivity index (χ0v) is 14.1. The number of hydrogen-bond acceptors (Lipinski definition) is 3. The third-order valence-corrected chi connectivity index (χ3v) is 5.02. The highest BCUT2D eigenvalue weighted by molar-refractivity contribution is 9.10. The predicted molar refractivity (Wildman–Crippen MR) is 86.9 cm³/mol. The molecule has 2 rings (SSSR count). The maximum Gasteiger partial charge on any atom is 0.336 e. The van der Waals surface area contributed by atoms with Crippen LogP contribution in [0.3, 0.4) is 0 Å². The Morgan fingerprint density at radius 2 is 1.86 bits per heavy atom. The summed E-state index contributed by atoms with van der Waals surface area (Å²) in [6.45, 7) is 1.65. The number of hydrogen-bond donors (Lipinski definition) is 1. The fraction of sp³-hybridized carbons (Fsp3) is 0.467. The molecule has 0 aliphatic carbocycles. The third-order valence-electron chi connectivity index (χ3n) is 3.48. The van der Waals surface area contributed by atoms with E-state index in [2.05, 4.69) is 15.9 Å². The SMILES string of the molecule is O=C(O)c1ccc(Br)cc1SCC(=O)N1CCCCCC1. The number of carbonyl (C=O) groups excluding carboxylic acids is 1. The van der Waals surface area contributed by atoms with Gasteiger partial charge in [-0.05, 0) is 31.0 Å². The molecular weight excluding hydrogens is 354 g/mol. The van der Waals surface area contributed by atoms with E-state index in [-0.39, 0.29) is 17.2 Å². The van der Waals surface area contributed by atoms with Crippen molar-refractivity contribution >= 4 is 39.6 Å². The van der Waals surface area contributed by atoms with Crippen LogP contribution in [0.2, 0.25) is 0 Å². The highest BCUT2D eigenvalue weighted by Gasteiger charge is 2.17. The van der Waals surface area contributed by atoms with Crippen LogP contribution in [-0.2, 0) is 4.79 Å². The average Bonchev–Trinajstić information content (AvgIpc) is 2.73. The lowest BCUT2D eigenvalue weighted by atomic mass is 10.2. The van der Waals surface area contributed by atoms with Crippen LogP contribution in [0.15, 0.2) is 27.6 Å². The minimum Gasteiger partial charge on any atom is -0.478 e. The summed E-state index contributed by atoms with van der Waals surface area (Å²) in [6, 6.07) is 5.01. The van der Waals surface area contributed by atoms with E-state index in [1.54, 1.807) is 18.2 Å². The number of likely N-dealkylation sites (tertiary alicyclic amines) is 1. The molecule has 1 aliphatic rings. The van der Waals surface area contributed by atoms with E-state index < -0.39 is 5.97 Å². The summed E-state index contributed by atoms with van der Waals surface area (Å²) in [5.41, 5.74) is 0.242. The molecule has 1 amide bonds. The second-order valence-corrected chi connectivity index (χ2v) is 6.96. The number of rotatable bonds is 4. The first-order valence-corrected chi connectivity index (χ1v) is 8.79. The highest BCUT2D eigenvalue weighted by atomic mass is 79.9. The Labute approximate surface area is 137 Å². The topological polar surface area (TPSA) is 57.6 Å². The number of carboxylic acid groups (broad SMARTS) is 1. The molecule has 0 radical (unpaired) electrons. The van der Waals surface area contributed by atoms with Crippen molar-refractivity contribution in [1.82, 2.24) is 4.90 Å². The first kappa shape index (κ1) is 16.4. The van der Waals surface area contributed by atoms with Crippen LogP contribution in [0.4, 0.5) is 0 Å². The van der Waals surface area contributed by atoms with Crippen LogP contribution < -0.4 is 0 Å². The maximum absolute atomic E-state index is 12.2. The number of carboxylic acids is 1. The standard InChI is InChI=1S/C15H18BrNO3S/c16-11-5-6-12(15(19)20)13(9-11)21-10-14(18)17-7-3-1-2-4-8-17/h5-6,9H,1-4,7-8,10H2,(H,19,20). The van der Waals surface area contributed by atoms with Crippen molar-refractivity contribution in [1.29, 1.82) is 0 Å². The van der Waals surface area contributed by atoms with Crippen LogP contribution in [-0.4, -0.2) is 40.7 Å². The van der Waals surface area contributed by atoms with Crippen LogP contribution in [0.25, 0.3) is 0 Å². The molecule has 0 aromatic heterocycles. The molecule has 1 saturated heterocycles. The molecule has 1 aromatic rings. The molecule has 0 saturated carbocycles. The smallest absolute Gasteiger partial charge is 0.336 e. The van der Waals surface area contributed by atoms with Crippen LogP contribution in [0, 0.1) is 0 Å². The van der Waals surface area contributed by atoms with E-state index in [0.717, 1.165) is 30.4 Å². The summed E-state index contributed by atoms with van der Waals surface area (Å²) in [4.78, 5) is 26.0. The summed E-state index contributed by atoms with van der Waals surface area (Å²) >= 11 is 4.63. The molecular formula is C15H18BrNO3S. The summed E-state index contributed by atoms with van der Waals surface area (Å²) in [7, 11) is 0. The second-order valence-electron chi connectivity index (χ2n) is 5.03. The van der Waals surface area contributed by atoms with Gasteiger partial charge in [0.2, 0.25) is 5.91 Å². The van der Waals surface area contributed by atoms with E-state index in [0.29, 0.717) is 4.90 Å². The lowest BCUT2D eigenvalue weighted by molar-refractivity contribution is -0.128. The molecule has 0 atom stereocenters. The van der Waals surface area contributed by atoms with Gasteiger partial charge in [-0.15, -0.1) is 11.8 Å². The quantitative estimate of drug-likeness (QED) is 0.820. The lowest BCUT2D eigenvalue weighted by Crippen LogP contribution is -2.33. The Bertz CT molecular complexity index is 528.